The van der Waals surface area contributed by atoms with E-state index in [9.17, 15) is 13.2 Å². The lowest BCUT2D eigenvalue weighted by molar-refractivity contribution is -0.142. The Morgan fingerprint density at radius 1 is 1.22 bits per heavy atom. The molecule has 0 atom stereocenters. The van der Waals surface area contributed by atoms with E-state index in [0.29, 0.717) is 28.9 Å². The first-order valence-electron chi connectivity index (χ1n) is 8.31. The van der Waals surface area contributed by atoms with Gasteiger partial charge in [-0.15, -0.1) is 0 Å². The van der Waals surface area contributed by atoms with E-state index in [-0.39, 0.29) is 22.9 Å². The summed E-state index contributed by atoms with van der Waals surface area (Å²) in [7, 11) is -3.76. The third-order valence-corrected chi connectivity index (χ3v) is 5.78. The number of nitrogens with zero attached hydrogens (tertiary/aromatic N) is 3. The summed E-state index contributed by atoms with van der Waals surface area (Å²) in [5.41, 5.74) is 1.47. The second-order valence-corrected chi connectivity index (χ2v) is 7.67. The van der Waals surface area contributed by atoms with Crippen LogP contribution in [0, 0.1) is 0 Å². The van der Waals surface area contributed by atoms with Crippen LogP contribution in [0.2, 0.25) is 0 Å². The molecule has 0 bridgehead atoms. The molecule has 0 aliphatic carbocycles. The molecule has 0 unspecified atom stereocenters. The van der Waals surface area contributed by atoms with Gasteiger partial charge in [-0.25, -0.2) is 22.4 Å². The molecule has 0 saturated heterocycles. The fourth-order valence-electron chi connectivity index (χ4n) is 2.92. The number of benzene rings is 1. The summed E-state index contributed by atoms with van der Waals surface area (Å²) in [5, 5.41) is 0.606. The maximum Gasteiger partial charge on any atom is 0.313 e. The van der Waals surface area contributed by atoms with Gasteiger partial charge in [-0.1, -0.05) is 18.2 Å². The van der Waals surface area contributed by atoms with Crippen LogP contribution in [-0.4, -0.2) is 39.9 Å². The van der Waals surface area contributed by atoms with Gasteiger partial charge in [-0.2, -0.15) is 0 Å². The van der Waals surface area contributed by atoms with Crippen molar-refractivity contribution in [2.45, 2.75) is 18.2 Å². The Bertz CT molecular complexity index is 1240. The number of aromatic nitrogens is 4. The zero-order chi connectivity index (χ0) is 19.0. The number of carbonyl (C=O) groups excluding carboxylic acids is 1. The Labute approximate surface area is 154 Å². The van der Waals surface area contributed by atoms with Gasteiger partial charge in [0, 0.05) is 11.6 Å². The van der Waals surface area contributed by atoms with Crippen LogP contribution >= 0.6 is 0 Å². The van der Waals surface area contributed by atoms with E-state index in [0.717, 1.165) is 3.97 Å². The highest BCUT2D eigenvalue weighted by Crippen LogP contribution is 2.26. The first-order valence-corrected chi connectivity index (χ1v) is 9.75. The van der Waals surface area contributed by atoms with Crippen LogP contribution in [-0.2, 0) is 26.0 Å². The minimum absolute atomic E-state index is 0.00698. The van der Waals surface area contributed by atoms with E-state index in [4.69, 9.17) is 4.74 Å². The minimum Gasteiger partial charge on any atom is -0.466 e. The number of pyridine rings is 1. The fraction of sp³-hybridized carbons (Fsp3) is 0.167. The first-order chi connectivity index (χ1) is 13.0. The van der Waals surface area contributed by atoms with Gasteiger partial charge in [0.2, 0.25) is 0 Å². The summed E-state index contributed by atoms with van der Waals surface area (Å²) in [6, 6.07) is 9.82. The van der Waals surface area contributed by atoms with Crippen LogP contribution in [0.4, 0.5) is 0 Å². The third kappa shape index (κ3) is 2.95. The largest absolute Gasteiger partial charge is 0.466 e. The predicted molar refractivity (Wildman–Crippen MR) is 98.7 cm³/mol. The van der Waals surface area contributed by atoms with Gasteiger partial charge in [-0.3, -0.25) is 4.79 Å². The van der Waals surface area contributed by atoms with Crippen molar-refractivity contribution in [3.05, 3.63) is 54.6 Å². The molecule has 0 aliphatic heterocycles. The molecule has 8 nitrogen and oxygen atoms in total. The number of nitrogens with one attached hydrogen (secondary N) is 1. The van der Waals surface area contributed by atoms with Crippen molar-refractivity contribution < 1.29 is 17.9 Å². The van der Waals surface area contributed by atoms with Crippen molar-refractivity contribution in [2.24, 2.45) is 0 Å². The van der Waals surface area contributed by atoms with Crippen LogP contribution in [0.15, 0.2) is 53.7 Å². The van der Waals surface area contributed by atoms with Crippen LogP contribution in [0.5, 0.6) is 0 Å². The molecule has 138 valence electrons. The topological polar surface area (TPSA) is 107 Å². The highest BCUT2D eigenvalue weighted by atomic mass is 32.2. The van der Waals surface area contributed by atoms with Crippen molar-refractivity contribution >= 4 is 38.1 Å². The van der Waals surface area contributed by atoms with E-state index in [1.807, 2.05) is 0 Å². The number of carbonyl (C=O) groups is 1. The van der Waals surface area contributed by atoms with Crippen LogP contribution in [0.3, 0.4) is 0 Å². The minimum atomic E-state index is -3.76. The molecule has 0 aliphatic rings. The van der Waals surface area contributed by atoms with Crippen molar-refractivity contribution in [2.75, 3.05) is 6.61 Å². The van der Waals surface area contributed by atoms with Crippen LogP contribution in [0.1, 0.15) is 12.7 Å². The molecular formula is C18H16N4O4S. The zero-order valence-corrected chi connectivity index (χ0v) is 15.2. The highest BCUT2D eigenvalue weighted by Gasteiger charge is 2.21. The number of ether oxygens (including phenoxy) is 1. The summed E-state index contributed by atoms with van der Waals surface area (Å²) in [4.78, 5) is 23.5. The summed E-state index contributed by atoms with van der Waals surface area (Å²) in [6.45, 7) is 2.03. The zero-order valence-electron chi connectivity index (χ0n) is 14.4. The molecule has 4 aromatic rings. The average Bonchev–Trinajstić information content (AvgIpc) is 3.26. The van der Waals surface area contributed by atoms with E-state index in [1.54, 1.807) is 31.2 Å². The van der Waals surface area contributed by atoms with Gasteiger partial charge >= 0.3 is 5.97 Å². The number of hydrogen-bond donors (Lipinski definition) is 1. The first kappa shape index (κ1) is 17.2. The quantitative estimate of drug-likeness (QED) is 0.529. The number of fused-ring (bicyclic) bond motifs is 3. The normalized spacial score (nSPS) is 11.9. The number of rotatable bonds is 5. The van der Waals surface area contributed by atoms with Crippen molar-refractivity contribution in [3.63, 3.8) is 0 Å². The second kappa shape index (κ2) is 6.51. The molecule has 27 heavy (non-hydrogen) atoms. The maximum atomic E-state index is 12.9. The van der Waals surface area contributed by atoms with Gasteiger partial charge in [0.1, 0.15) is 17.8 Å². The van der Waals surface area contributed by atoms with Crippen LogP contribution < -0.4 is 0 Å². The van der Waals surface area contributed by atoms with Crippen molar-refractivity contribution in [3.8, 4) is 0 Å². The molecule has 9 heteroatoms. The highest BCUT2D eigenvalue weighted by molar-refractivity contribution is 7.90. The standard InChI is InChI=1S/C18H16N4O4S/c1-2-26-16(23)10-15-20-14-11-19-18-13(17(14)21-15)8-9-22(18)27(24,25)12-6-4-3-5-7-12/h3-9,11H,2,10H2,1H3,(H,20,21). The van der Waals surface area contributed by atoms with Gasteiger partial charge in [0.05, 0.1) is 23.2 Å². The summed E-state index contributed by atoms with van der Waals surface area (Å²) in [6.07, 6.45) is 2.96. The molecule has 3 aromatic heterocycles. The van der Waals surface area contributed by atoms with Crippen molar-refractivity contribution in [1.29, 1.82) is 0 Å². The smallest absolute Gasteiger partial charge is 0.313 e. The Hall–Kier alpha value is -3.20. The van der Waals surface area contributed by atoms with Crippen molar-refractivity contribution in [1.82, 2.24) is 18.9 Å². The van der Waals surface area contributed by atoms with Gasteiger partial charge in [0.15, 0.2) is 5.65 Å². The lowest BCUT2D eigenvalue weighted by Crippen LogP contribution is -2.12. The van der Waals surface area contributed by atoms with Gasteiger partial charge in [0.25, 0.3) is 10.0 Å². The molecule has 3 heterocycles. The van der Waals surface area contributed by atoms with Gasteiger partial charge < -0.3 is 9.72 Å². The number of imidazole rings is 1. The fourth-order valence-corrected chi connectivity index (χ4v) is 4.24. The van der Waals surface area contributed by atoms with E-state index in [2.05, 4.69) is 15.0 Å². The van der Waals surface area contributed by atoms with E-state index >= 15 is 0 Å². The maximum absolute atomic E-state index is 12.9. The second-order valence-electron chi connectivity index (χ2n) is 5.85. The molecule has 0 radical (unpaired) electrons. The number of esters is 1. The molecule has 0 saturated carbocycles. The Balaban J connectivity index is 1.81. The lowest BCUT2D eigenvalue weighted by Gasteiger charge is -2.06. The molecule has 4 rings (SSSR count). The van der Waals surface area contributed by atoms with Gasteiger partial charge in [-0.05, 0) is 25.1 Å². The summed E-state index contributed by atoms with van der Waals surface area (Å²) < 4.78 is 31.9. The number of H-pyrrole nitrogens is 1. The molecule has 0 fully saturated rings. The average molecular weight is 384 g/mol. The van der Waals surface area contributed by atoms with Crippen LogP contribution in [0.25, 0.3) is 22.1 Å². The number of aromatic amines is 1. The Morgan fingerprint density at radius 2 is 2.00 bits per heavy atom. The monoisotopic (exact) mass is 384 g/mol. The molecule has 1 N–H and O–H groups in total. The summed E-state index contributed by atoms with van der Waals surface area (Å²) in [5.74, 6) is 0.0569. The Kier molecular flexibility index (Phi) is 4.15. The van der Waals surface area contributed by atoms with E-state index < -0.39 is 10.0 Å². The molecule has 0 amide bonds. The Morgan fingerprint density at radius 3 is 2.74 bits per heavy atom. The number of hydrogen-bond acceptors (Lipinski definition) is 6. The third-order valence-electron chi connectivity index (χ3n) is 4.10. The summed E-state index contributed by atoms with van der Waals surface area (Å²) >= 11 is 0. The lowest BCUT2D eigenvalue weighted by atomic mass is 10.3. The molecular weight excluding hydrogens is 368 g/mol. The molecule has 0 spiro atoms. The SMILES string of the molecule is CCOC(=O)Cc1nc2cnc3c(ccn3S(=O)(=O)c3ccccc3)c2[nH]1. The predicted octanol–water partition coefficient (Wildman–Crippen LogP) is 2.26. The molecule has 1 aromatic carbocycles. The van der Waals surface area contributed by atoms with E-state index in [1.165, 1.54) is 24.5 Å².